The summed E-state index contributed by atoms with van der Waals surface area (Å²) in [5, 5.41) is 4.65. The van der Waals surface area contributed by atoms with Crippen LogP contribution in [0.2, 0.25) is 0 Å². The maximum Gasteiger partial charge on any atom is 0.164 e. The molecule has 3 aromatic heterocycles. The van der Waals surface area contributed by atoms with Crippen molar-refractivity contribution in [2.24, 2.45) is 0 Å². The largest absolute Gasteiger partial charge is 0.325 e. The topological polar surface area (TPSA) is 109 Å². The number of nitrogens with one attached hydrogen (secondary N) is 2. The van der Waals surface area contributed by atoms with Gasteiger partial charge in [0, 0.05) is 11.1 Å². The highest BCUT2D eigenvalue weighted by molar-refractivity contribution is 6.03. The Morgan fingerprint density at radius 2 is 0.889 bits per heavy atom. The SMILES string of the molecule is C1=Cc2nc1nc1ccc(nc3nc(nc4ccc(n2)[nH]4)-c2cc4cc5ccccc5cc4cc2-3)[nH]1. The molecule has 0 saturated carbocycles. The second-order valence-corrected chi connectivity index (χ2v) is 8.77. The fraction of sp³-hybridized carbons (Fsp3) is 0. The first-order valence-electron chi connectivity index (χ1n) is 11.6. The first-order chi connectivity index (χ1) is 17.7. The zero-order valence-electron chi connectivity index (χ0n) is 18.8. The van der Waals surface area contributed by atoms with Crippen LogP contribution < -0.4 is 0 Å². The van der Waals surface area contributed by atoms with E-state index in [4.69, 9.17) is 15.0 Å². The Morgan fingerprint density at radius 1 is 0.417 bits per heavy atom. The molecule has 168 valence electrons. The van der Waals surface area contributed by atoms with Gasteiger partial charge >= 0.3 is 0 Å². The molecule has 5 heterocycles. The third-order valence-electron chi connectivity index (χ3n) is 6.38. The van der Waals surface area contributed by atoms with Crippen LogP contribution in [0.25, 0.3) is 79.1 Å². The van der Waals surface area contributed by atoms with Crippen molar-refractivity contribution in [2.45, 2.75) is 0 Å². The van der Waals surface area contributed by atoms with Crippen LogP contribution in [0.1, 0.15) is 11.6 Å². The maximum atomic E-state index is 4.84. The van der Waals surface area contributed by atoms with E-state index in [1.807, 2.05) is 36.4 Å². The summed E-state index contributed by atoms with van der Waals surface area (Å²) in [5.74, 6) is 2.35. The number of benzene rings is 3. The van der Waals surface area contributed by atoms with Crippen LogP contribution >= 0.6 is 0 Å². The van der Waals surface area contributed by atoms with E-state index in [2.05, 4.69) is 73.5 Å². The monoisotopic (exact) mass is 464 g/mol. The molecule has 0 spiro atoms. The van der Waals surface area contributed by atoms with E-state index in [-0.39, 0.29) is 0 Å². The van der Waals surface area contributed by atoms with Crippen molar-refractivity contribution in [3.05, 3.63) is 84.4 Å². The molecule has 3 aromatic carbocycles. The van der Waals surface area contributed by atoms with Crippen LogP contribution in [-0.4, -0.2) is 39.9 Å². The molecule has 0 aliphatic carbocycles. The number of nitrogens with zero attached hydrogens (tertiary/aromatic N) is 6. The second-order valence-electron chi connectivity index (χ2n) is 8.77. The number of hydrogen-bond acceptors (Lipinski definition) is 6. The third-order valence-corrected chi connectivity index (χ3v) is 6.38. The lowest BCUT2D eigenvalue weighted by Gasteiger charge is -2.06. The molecule has 8 rings (SSSR count). The average Bonchev–Trinajstić information content (AvgIpc) is 3.67. The molecular formula is C28H16N8. The Balaban J connectivity index is 1.46. The van der Waals surface area contributed by atoms with E-state index in [9.17, 15) is 0 Å². The van der Waals surface area contributed by atoms with E-state index in [1.54, 1.807) is 0 Å². The minimum Gasteiger partial charge on any atom is -0.325 e. The van der Waals surface area contributed by atoms with Crippen LogP contribution in [0.3, 0.4) is 0 Å². The highest BCUT2D eigenvalue weighted by Crippen LogP contribution is 2.37. The average molecular weight is 464 g/mol. The van der Waals surface area contributed by atoms with Gasteiger partial charge in [-0.1, -0.05) is 24.3 Å². The fourth-order valence-electron chi connectivity index (χ4n) is 4.70. The summed E-state index contributed by atoms with van der Waals surface area (Å²) >= 11 is 0. The van der Waals surface area contributed by atoms with Crippen LogP contribution in [0.5, 0.6) is 0 Å². The number of aromatic nitrogens is 8. The molecule has 8 bridgehead atoms. The molecule has 0 saturated heterocycles. The molecule has 0 amide bonds. The van der Waals surface area contributed by atoms with Crippen molar-refractivity contribution in [1.82, 2.24) is 39.9 Å². The second kappa shape index (κ2) is 7.13. The predicted molar refractivity (Wildman–Crippen MR) is 141 cm³/mol. The van der Waals surface area contributed by atoms with Gasteiger partial charge < -0.3 is 9.97 Å². The highest BCUT2D eigenvalue weighted by Gasteiger charge is 2.20. The summed E-state index contributed by atoms with van der Waals surface area (Å²) in [7, 11) is 0. The third kappa shape index (κ3) is 3.08. The first kappa shape index (κ1) is 19.1. The molecular weight excluding hydrogens is 448 g/mol. The van der Waals surface area contributed by atoms with E-state index >= 15 is 0 Å². The van der Waals surface area contributed by atoms with E-state index in [0.717, 1.165) is 21.9 Å². The number of fused-ring (bicyclic) bond motifs is 13. The lowest BCUT2D eigenvalue weighted by Crippen LogP contribution is -1.84. The van der Waals surface area contributed by atoms with Crippen molar-refractivity contribution in [3.63, 3.8) is 0 Å². The highest BCUT2D eigenvalue weighted by atomic mass is 15.0. The molecule has 6 aromatic rings. The summed E-state index contributed by atoms with van der Waals surface area (Å²) in [4.78, 5) is 34.6. The van der Waals surface area contributed by atoms with Gasteiger partial charge in [-0.25, -0.2) is 29.9 Å². The Morgan fingerprint density at radius 3 is 1.39 bits per heavy atom. The van der Waals surface area contributed by atoms with Crippen LogP contribution in [0, 0.1) is 0 Å². The lowest BCUT2D eigenvalue weighted by atomic mass is 9.98. The molecule has 2 N–H and O–H groups in total. The van der Waals surface area contributed by atoms with Gasteiger partial charge in [0.15, 0.2) is 23.3 Å². The number of aromatic amines is 2. The quantitative estimate of drug-likeness (QED) is 0.278. The van der Waals surface area contributed by atoms with Crippen molar-refractivity contribution < 1.29 is 0 Å². The van der Waals surface area contributed by atoms with Gasteiger partial charge in [0.2, 0.25) is 0 Å². The lowest BCUT2D eigenvalue weighted by molar-refractivity contribution is 1.13. The van der Waals surface area contributed by atoms with Gasteiger partial charge in [-0.2, -0.15) is 0 Å². The fourth-order valence-corrected chi connectivity index (χ4v) is 4.70. The van der Waals surface area contributed by atoms with Gasteiger partial charge in [0.25, 0.3) is 0 Å². The molecule has 0 radical (unpaired) electrons. The Bertz CT molecular complexity index is 1920. The van der Waals surface area contributed by atoms with E-state index in [0.29, 0.717) is 45.9 Å². The van der Waals surface area contributed by atoms with Gasteiger partial charge in [0.1, 0.15) is 22.6 Å². The molecule has 8 heteroatoms. The van der Waals surface area contributed by atoms with Gasteiger partial charge in [-0.15, -0.1) is 0 Å². The summed E-state index contributed by atoms with van der Waals surface area (Å²) in [5.41, 5.74) is 4.50. The first-order valence-corrected chi connectivity index (χ1v) is 11.6. The maximum absolute atomic E-state index is 4.84. The van der Waals surface area contributed by atoms with E-state index in [1.165, 1.54) is 10.8 Å². The van der Waals surface area contributed by atoms with Gasteiger partial charge in [0.05, 0.1) is 0 Å². The zero-order chi connectivity index (χ0) is 23.6. The normalized spacial score (nSPS) is 12.3. The van der Waals surface area contributed by atoms with Crippen molar-refractivity contribution >= 4 is 56.3 Å². The summed E-state index contributed by atoms with van der Waals surface area (Å²) in [6, 6.07) is 24.6. The standard InChI is InChI=1S/C28H16N8/c1-2-4-16-12-18-14-20-19(13-17(18)11-15(16)3-1)27-34-25-9-7-23(32-25)30-21-5-6-22(29-21)31-24-8-10-26(33-24)35-28(20)36-27/h1-14H,(H2,29,30,31,32,33,34,35,36). The molecule has 2 aliphatic heterocycles. The molecule has 0 unspecified atom stereocenters. The smallest absolute Gasteiger partial charge is 0.164 e. The zero-order valence-corrected chi connectivity index (χ0v) is 18.8. The minimum absolute atomic E-state index is 0.573. The number of rotatable bonds is 0. The predicted octanol–water partition coefficient (Wildman–Crippen LogP) is 5.71. The van der Waals surface area contributed by atoms with E-state index < -0.39 is 0 Å². The Labute approximate surface area is 203 Å². The van der Waals surface area contributed by atoms with Gasteiger partial charge in [-0.3, -0.25) is 0 Å². The Hall–Kier alpha value is -5.24. The Kier molecular flexibility index (Phi) is 3.78. The molecule has 8 nitrogen and oxygen atoms in total. The van der Waals surface area contributed by atoms with Crippen LogP contribution in [0.15, 0.2) is 72.8 Å². The van der Waals surface area contributed by atoms with Crippen molar-refractivity contribution in [1.29, 1.82) is 0 Å². The number of hydrogen-bond donors (Lipinski definition) is 2. The summed E-state index contributed by atoms with van der Waals surface area (Å²) in [6.07, 6.45) is 3.66. The van der Waals surface area contributed by atoms with Crippen LogP contribution in [0.4, 0.5) is 0 Å². The molecule has 2 aliphatic rings. The molecule has 0 fully saturated rings. The molecule has 36 heavy (non-hydrogen) atoms. The van der Waals surface area contributed by atoms with Crippen molar-refractivity contribution in [2.75, 3.05) is 0 Å². The molecule has 0 atom stereocenters. The minimum atomic E-state index is 0.573. The summed E-state index contributed by atoms with van der Waals surface area (Å²) in [6.45, 7) is 0. The number of H-pyrrole nitrogens is 2. The summed E-state index contributed by atoms with van der Waals surface area (Å²) < 4.78 is 0. The van der Waals surface area contributed by atoms with Crippen molar-refractivity contribution in [3.8, 4) is 22.8 Å². The van der Waals surface area contributed by atoms with Gasteiger partial charge in [-0.05, 0) is 82.2 Å². The van der Waals surface area contributed by atoms with Crippen LogP contribution in [-0.2, 0) is 0 Å².